The molecule has 132 valence electrons. The van der Waals surface area contributed by atoms with Crippen molar-refractivity contribution < 1.29 is 14.6 Å². The number of rotatable bonds is 4. The number of nitrogens with zero attached hydrogens (tertiary/aromatic N) is 1. The zero-order valence-electron chi connectivity index (χ0n) is 13.7. The first-order valence-corrected chi connectivity index (χ1v) is 10.2. The second-order valence-corrected chi connectivity index (χ2v) is 8.64. The van der Waals surface area contributed by atoms with Crippen LogP contribution in [0.1, 0.15) is 23.3 Å². The minimum atomic E-state index is -1.76. The maximum atomic E-state index is 13.1. The fourth-order valence-corrected chi connectivity index (χ4v) is 4.90. The molecule has 0 spiro atoms. The first-order chi connectivity index (χ1) is 12.1. The van der Waals surface area contributed by atoms with Gasteiger partial charge >= 0.3 is 5.97 Å². The van der Waals surface area contributed by atoms with Gasteiger partial charge in [0.25, 0.3) is 0 Å². The van der Waals surface area contributed by atoms with E-state index in [4.69, 9.17) is 4.74 Å². The average Bonchev–Trinajstić information content (AvgIpc) is 3.18. The van der Waals surface area contributed by atoms with Gasteiger partial charge in [-0.1, -0.05) is 34.1 Å². The van der Waals surface area contributed by atoms with Crippen LogP contribution in [0.5, 0.6) is 0 Å². The molecule has 5 rings (SSSR count). The molecule has 6 heteroatoms. The lowest BCUT2D eigenvalue weighted by molar-refractivity contribution is -0.176. The van der Waals surface area contributed by atoms with Gasteiger partial charge < -0.3 is 9.84 Å². The number of carbonyl (C=O) groups is 1. The minimum Gasteiger partial charge on any atom is -0.458 e. The topological polar surface area (TPSA) is 49.8 Å². The van der Waals surface area contributed by atoms with Gasteiger partial charge in [0.1, 0.15) is 6.10 Å². The first kappa shape index (κ1) is 17.2. The van der Waals surface area contributed by atoms with E-state index in [9.17, 15) is 9.90 Å². The van der Waals surface area contributed by atoms with Gasteiger partial charge in [-0.3, -0.25) is 4.90 Å². The first-order valence-electron chi connectivity index (χ1n) is 8.53. The molecule has 2 unspecified atom stereocenters. The summed E-state index contributed by atoms with van der Waals surface area (Å²) in [5.41, 5.74) is -1.23. The highest BCUT2D eigenvalue weighted by Gasteiger charge is 2.46. The second kappa shape index (κ2) is 6.83. The molecule has 4 nitrogen and oxygen atoms in total. The molecule has 1 aromatic carbocycles. The highest BCUT2D eigenvalue weighted by Crippen LogP contribution is 2.37. The Morgan fingerprint density at radius 1 is 1.24 bits per heavy atom. The summed E-state index contributed by atoms with van der Waals surface area (Å²) in [6, 6.07) is 10.8. The maximum absolute atomic E-state index is 13.1. The molecule has 2 aromatic rings. The monoisotopic (exact) mass is 421 g/mol. The number of hydrogen-bond donors (Lipinski definition) is 1. The molecule has 4 heterocycles. The van der Waals surface area contributed by atoms with E-state index >= 15 is 0 Å². The van der Waals surface area contributed by atoms with Crippen LogP contribution in [0.15, 0.2) is 46.3 Å². The minimum absolute atomic E-state index is 0.128. The summed E-state index contributed by atoms with van der Waals surface area (Å²) in [4.78, 5) is 16.0. The smallest absolute Gasteiger partial charge is 0.348 e. The largest absolute Gasteiger partial charge is 0.458 e. The van der Waals surface area contributed by atoms with Gasteiger partial charge in [-0.2, -0.15) is 0 Å². The summed E-state index contributed by atoms with van der Waals surface area (Å²) in [5.74, 6) is -0.164. The molecule has 0 amide bonds. The van der Waals surface area contributed by atoms with Gasteiger partial charge in [-0.05, 0) is 55.4 Å². The molecular formula is C19H20BrNO3S. The Bertz CT molecular complexity index is 741. The Morgan fingerprint density at radius 3 is 2.52 bits per heavy atom. The van der Waals surface area contributed by atoms with Crippen LogP contribution < -0.4 is 0 Å². The fraction of sp³-hybridized carbons (Fsp3) is 0.421. The average molecular weight is 422 g/mol. The lowest BCUT2D eigenvalue weighted by Crippen LogP contribution is -2.53. The van der Waals surface area contributed by atoms with Crippen molar-refractivity contribution in [1.29, 1.82) is 0 Å². The standard InChI is InChI=1S/C19H20BrNO3S/c20-15-5-3-14(4-6-15)19(23,17-2-1-11-25-17)18(22)24-16-12-21-9-7-13(16)8-10-21/h1-6,11,13,16,23H,7-10,12H2. The number of hydrogen-bond acceptors (Lipinski definition) is 5. The van der Waals surface area contributed by atoms with Crippen molar-refractivity contribution >= 4 is 33.2 Å². The normalized spacial score (nSPS) is 27.7. The third-order valence-corrected chi connectivity index (χ3v) is 6.80. The summed E-state index contributed by atoms with van der Waals surface area (Å²) in [7, 11) is 0. The van der Waals surface area contributed by atoms with Crippen molar-refractivity contribution in [3.63, 3.8) is 0 Å². The van der Waals surface area contributed by atoms with E-state index in [0.717, 1.165) is 36.9 Å². The van der Waals surface area contributed by atoms with E-state index in [2.05, 4.69) is 20.8 Å². The summed E-state index contributed by atoms with van der Waals surface area (Å²) >= 11 is 4.76. The van der Waals surface area contributed by atoms with Crippen LogP contribution in [0.2, 0.25) is 0 Å². The van der Waals surface area contributed by atoms with Crippen molar-refractivity contribution in [3.8, 4) is 0 Å². The maximum Gasteiger partial charge on any atom is 0.348 e. The summed E-state index contributed by atoms with van der Waals surface area (Å²) in [6.45, 7) is 2.94. The molecule has 3 fully saturated rings. The Balaban J connectivity index is 1.64. The van der Waals surface area contributed by atoms with E-state index < -0.39 is 11.6 Å². The molecule has 3 aliphatic rings. The lowest BCUT2D eigenvalue weighted by Gasteiger charge is -2.44. The summed E-state index contributed by atoms with van der Waals surface area (Å²) < 4.78 is 6.76. The number of ether oxygens (including phenoxy) is 1. The fourth-order valence-electron chi connectivity index (χ4n) is 3.80. The Hall–Kier alpha value is -1.21. The predicted octanol–water partition coefficient (Wildman–Crippen LogP) is 3.38. The zero-order chi connectivity index (χ0) is 17.4. The molecule has 0 aliphatic carbocycles. The van der Waals surface area contributed by atoms with E-state index in [1.807, 2.05) is 23.6 Å². The molecule has 2 atom stereocenters. The van der Waals surface area contributed by atoms with Gasteiger partial charge in [0.15, 0.2) is 0 Å². The number of benzene rings is 1. The van der Waals surface area contributed by atoms with E-state index in [0.29, 0.717) is 16.4 Å². The van der Waals surface area contributed by atoms with Crippen LogP contribution >= 0.6 is 27.3 Å². The molecule has 1 aromatic heterocycles. The number of esters is 1. The van der Waals surface area contributed by atoms with Crippen LogP contribution in [0.4, 0.5) is 0 Å². The van der Waals surface area contributed by atoms with Gasteiger partial charge in [-0.15, -0.1) is 11.3 Å². The van der Waals surface area contributed by atoms with Crippen LogP contribution in [0.3, 0.4) is 0 Å². The molecular weight excluding hydrogens is 402 g/mol. The Morgan fingerprint density at radius 2 is 1.96 bits per heavy atom. The van der Waals surface area contributed by atoms with Crippen LogP contribution in [0, 0.1) is 5.92 Å². The molecule has 3 saturated heterocycles. The number of aliphatic hydroxyl groups is 1. The van der Waals surface area contributed by atoms with Gasteiger partial charge in [-0.25, -0.2) is 4.79 Å². The second-order valence-electron chi connectivity index (χ2n) is 6.78. The van der Waals surface area contributed by atoms with Crippen molar-refractivity contribution in [2.24, 2.45) is 5.92 Å². The molecule has 0 radical (unpaired) electrons. The van der Waals surface area contributed by atoms with E-state index in [-0.39, 0.29) is 6.10 Å². The number of halogens is 1. The Kier molecular flexibility index (Phi) is 4.71. The third-order valence-electron chi connectivity index (χ3n) is 5.29. The van der Waals surface area contributed by atoms with Crippen molar-refractivity contribution in [2.75, 3.05) is 19.6 Å². The van der Waals surface area contributed by atoms with Crippen molar-refractivity contribution in [3.05, 3.63) is 56.7 Å². The number of fused-ring (bicyclic) bond motifs is 3. The molecule has 2 bridgehead atoms. The van der Waals surface area contributed by atoms with Crippen LogP contribution in [0.25, 0.3) is 0 Å². The summed E-state index contributed by atoms with van der Waals surface area (Å²) in [6.07, 6.45) is 2.00. The number of thiophene rings is 1. The van der Waals surface area contributed by atoms with Crippen molar-refractivity contribution in [2.45, 2.75) is 24.5 Å². The quantitative estimate of drug-likeness (QED) is 0.768. The molecule has 25 heavy (non-hydrogen) atoms. The third kappa shape index (κ3) is 3.16. The van der Waals surface area contributed by atoms with E-state index in [1.54, 1.807) is 18.2 Å². The molecule has 3 aliphatic heterocycles. The number of piperidine rings is 3. The molecule has 0 saturated carbocycles. The van der Waals surface area contributed by atoms with Gasteiger partial charge in [0.2, 0.25) is 5.60 Å². The van der Waals surface area contributed by atoms with E-state index in [1.165, 1.54) is 11.3 Å². The van der Waals surface area contributed by atoms with Crippen molar-refractivity contribution in [1.82, 2.24) is 4.90 Å². The molecule has 1 N–H and O–H groups in total. The summed E-state index contributed by atoms with van der Waals surface area (Å²) in [5, 5.41) is 13.3. The zero-order valence-corrected chi connectivity index (χ0v) is 16.1. The van der Waals surface area contributed by atoms with Crippen LogP contribution in [-0.4, -0.2) is 41.7 Å². The number of carbonyl (C=O) groups excluding carboxylic acids is 1. The van der Waals surface area contributed by atoms with Gasteiger partial charge in [0, 0.05) is 16.6 Å². The van der Waals surface area contributed by atoms with Crippen LogP contribution in [-0.2, 0) is 15.1 Å². The Labute approximate surface area is 159 Å². The predicted molar refractivity (Wildman–Crippen MR) is 101 cm³/mol. The van der Waals surface area contributed by atoms with Gasteiger partial charge in [0.05, 0.1) is 4.88 Å². The highest BCUT2D eigenvalue weighted by atomic mass is 79.9. The highest BCUT2D eigenvalue weighted by molar-refractivity contribution is 9.10. The lowest BCUT2D eigenvalue weighted by atomic mass is 9.85. The SMILES string of the molecule is O=C(OC1CN2CCC1CC2)C(O)(c1ccc(Br)cc1)c1cccs1.